The molecule has 0 saturated carbocycles. The molecule has 0 spiro atoms. The van der Waals surface area contributed by atoms with Crippen molar-refractivity contribution in [2.45, 2.75) is 19.9 Å². The Morgan fingerprint density at radius 1 is 0.968 bits per heavy atom. The van der Waals surface area contributed by atoms with Crippen LogP contribution in [0.25, 0.3) is 5.57 Å². The van der Waals surface area contributed by atoms with E-state index < -0.39 is 0 Å². The Morgan fingerprint density at radius 2 is 1.81 bits per heavy atom. The van der Waals surface area contributed by atoms with Gasteiger partial charge in [0.2, 0.25) is 0 Å². The zero-order chi connectivity index (χ0) is 21.4. The molecule has 5 nitrogen and oxygen atoms in total. The number of imide groups is 1. The number of amides is 2. The molecule has 0 radical (unpaired) electrons. The fraction of sp³-hybridized carbons (Fsp3) is 0.200. The molecule has 0 bridgehead atoms. The van der Waals surface area contributed by atoms with Crippen LogP contribution in [0.5, 0.6) is 5.75 Å². The number of nitrogens with zero attached hydrogens (tertiary/aromatic N) is 2. The third kappa shape index (κ3) is 3.43. The van der Waals surface area contributed by atoms with Crippen LogP contribution in [0.3, 0.4) is 0 Å². The highest BCUT2D eigenvalue weighted by Gasteiger charge is 2.43. The lowest BCUT2D eigenvalue weighted by Gasteiger charge is -2.31. The summed E-state index contributed by atoms with van der Waals surface area (Å²) in [5.74, 6) is 0.0787. The molecule has 0 fully saturated rings. The first kappa shape index (κ1) is 19.6. The highest BCUT2D eigenvalue weighted by atomic mass is 32.1. The van der Waals surface area contributed by atoms with Gasteiger partial charge in [-0.1, -0.05) is 36.4 Å². The first-order valence-electron chi connectivity index (χ1n) is 10.4. The van der Waals surface area contributed by atoms with Gasteiger partial charge in [0.15, 0.2) is 0 Å². The molecule has 2 aromatic carbocycles. The molecule has 6 heteroatoms. The first-order chi connectivity index (χ1) is 15.2. The number of carbonyl (C=O) groups is 2. The van der Waals surface area contributed by atoms with E-state index in [0.717, 1.165) is 11.3 Å². The van der Waals surface area contributed by atoms with Gasteiger partial charge in [0.1, 0.15) is 11.4 Å². The Hall–Kier alpha value is -3.38. The van der Waals surface area contributed by atoms with E-state index in [0.29, 0.717) is 42.4 Å². The summed E-state index contributed by atoms with van der Waals surface area (Å²) in [6.45, 7) is 3.74. The van der Waals surface area contributed by atoms with Gasteiger partial charge in [0.25, 0.3) is 11.8 Å². The number of ether oxygens (including phenoxy) is 1. The number of benzene rings is 2. The normalized spacial score (nSPS) is 16.2. The van der Waals surface area contributed by atoms with Gasteiger partial charge in [0.05, 0.1) is 17.9 Å². The molecule has 156 valence electrons. The van der Waals surface area contributed by atoms with Gasteiger partial charge in [-0.15, -0.1) is 11.3 Å². The minimum absolute atomic E-state index is 0.276. The van der Waals surface area contributed by atoms with Crippen LogP contribution < -0.4 is 9.64 Å². The second-order valence-electron chi connectivity index (χ2n) is 7.52. The Labute approximate surface area is 185 Å². The molecule has 3 aromatic rings. The van der Waals surface area contributed by atoms with Crippen molar-refractivity contribution in [3.63, 3.8) is 0 Å². The predicted molar refractivity (Wildman–Crippen MR) is 122 cm³/mol. The molecule has 0 saturated heterocycles. The number of anilines is 1. The molecule has 0 unspecified atom stereocenters. The van der Waals surface area contributed by atoms with E-state index in [1.165, 1.54) is 27.4 Å². The highest BCUT2D eigenvalue weighted by Crippen LogP contribution is 2.38. The van der Waals surface area contributed by atoms with Crippen LogP contribution in [0.4, 0.5) is 5.69 Å². The molecule has 2 aliphatic heterocycles. The third-order valence-corrected chi connectivity index (χ3v) is 6.55. The van der Waals surface area contributed by atoms with Gasteiger partial charge in [-0.2, -0.15) is 0 Å². The van der Waals surface area contributed by atoms with Crippen LogP contribution in [0, 0.1) is 0 Å². The number of carbonyl (C=O) groups excluding carboxylic acids is 2. The van der Waals surface area contributed by atoms with E-state index in [4.69, 9.17) is 4.74 Å². The minimum atomic E-state index is -0.282. The van der Waals surface area contributed by atoms with Crippen LogP contribution >= 0.6 is 11.3 Å². The number of hydrogen-bond donors (Lipinski definition) is 0. The Bertz CT molecular complexity index is 1180. The lowest BCUT2D eigenvalue weighted by molar-refractivity contribution is -0.120. The molecule has 2 amide bonds. The molecule has 2 aliphatic rings. The molecule has 0 N–H and O–H groups in total. The molecule has 31 heavy (non-hydrogen) atoms. The van der Waals surface area contributed by atoms with Crippen molar-refractivity contribution in [3.8, 4) is 5.75 Å². The van der Waals surface area contributed by atoms with Crippen molar-refractivity contribution in [1.82, 2.24) is 4.90 Å². The summed E-state index contributed by atoms with van der Waals surface area (Å²) in [4.78, 5) is 31.4. The number of fused-ring (bicyclic) bond motifs is 1. The molecule has 0 aliphatic carbocycles. The van der Waals surface area contributed by atoms with Gasteiger partial charge in [-0.05, 0) is 48.1 Å². The zero-order valence-corrected chi connectivity index (χ0v) is 18.0. The van der Waals surface area contributed by atoms with E-state index in [1.807, 2.05) is 42.6 Å². The van der Waals surface area contributed by atoms with Crippen LogP contribution in [-0.4, -0.2) is 29.9 Å². The van der Waals surface area contributed by atoms with Gasteiger partial charge in [-0.25, -0.2) is 4.90 Å². The standard InChI is InChI=1S/C25H22N2O3S/c1-2-30-20-10-5-9-19(15-20)27-24(28)22(21-11-6-14-31-21)23(25(27)29)26-13-12-17-7-3-4-8-18(17)16-26/h3-11,14-15H,2,12-13,16H2,1H3. The first-order valence-corrected chi connectivity index (χ1v) is 11.3. The van der Waals surface area contributed by atoms with Crippen molar-refractivity contribution in [2.75, 3.05) is 18.1 Å². The lowest BCUT2D eigenvalue weighted by atomic mass is 9.99. The maximum absolute atomic E-state index is 13.7. The summed E-state index contributed by atoms with van der Waals surface area (Å²) in [6.07, 6.45) is 0.846. The van der Waals surface area contributed by atoms with E-state index in [-0.39, 0.29) is 11.8 Å². The Kier molecular flexibility index (Phi) is 5.08. The maximum Gasteiger partial charge on any atom is 0.282 e. The number of thiophene rings is 1. The Balaban J connectivity index is 1.57. The van der Waals surface area contributed by atoms with E-state index in [2.05, 4.69) is 17.0 Å². The Morgan fingerprint density at radius 3 is 2.58 bits per heavy atom. The zero-order valence-electron chi connectivity index (χ0n) is 17.2. The van der Waals surface area contributed by atoms with Crippen LogP contribution in [-0.2, 0) is 22.6 Å². The van der Waals surface area contributed by atoms with Gasteiger partial charge in [-0.3, -0.25) is 9.59 Å². The molecule has 3 heterocycles. The average Bonchev–Trinajstić information content (AvgIpc) is 3.40. The second kappa shape index (κ2) is 8.04. The fourth-order valence-electron chi connectivity index (χ4n) is 4.25. The van der Waals surface area contributed by atoms with Crippen LogP contribution in [0.15, 0.2) is 71.7 Å². The smallest absolute Gasteiger partial charge is 0.282 e. The van der Waals surface area contributed by atoms with Crippen molar-refractivity contribution in [1.29, 1.82) is 0 Å². The van der Waals surface area contributed by atoms with Crippen molar-refractivity contribution in [3.05, 3.63) is 87.7 Å². The highest BCUT2D eigenvalue weighted by molar-refractivity contribution is 7.11. The van der Waals surface area contributed by atoms with Crippen LogP contribution in [0.1, 0.15) is 22.9 Å². The largest absolute Gasteiger partial charge is 0.494 e. The van der Waals surface area contributed by atoms with E-state index >= 15 is 0 Å². The maximum atomic E-state index is 13.7. The number of hydrogen-bond acceptors (Lipinski definition) is 5. The quantitative estimate of drug-likeness (QED) is 0.560. The summed E-state index contributed by atoms with van der Waals surface area (Å²) in [7, 11) is 0. The third-order valence-electron chi connectivity index (χ3n) is 5.66. The molecular weight excluding hydrogens is 408 g/mol. The van der Waals surface area contributed by atoms with Gasteiger partial charge >= 0.3 is 0 Å². The minimum Gasteiger partial charge on any atom is -0.494 e. The SMILES string of the molecule is CCOc1cccc(N2C(=O)C(c3cccs3)=C(N3CCc4ccccc4C3)C2=O)c1. The van der Waals surface area contributed by atoms with E-state index in [9.17, 15) is 9.59 Å². The number of rotatable bonds is 5. The monoisotopic (exact) mass is 430 g/mol. The summed E-state index contributed by atoms with van der Waals surface area (Å²) in [5, 5.41) is 1.93. The second-order valence-corrected chi connectivity index (χ2v) is 8.46. The summed E-state index contributed by atoms with van der Waals surface area (Å²) in [6, 6.07) is 19.3. The van der Waals surface area contributed by atoms with Gasteiger partial charge in [0, 0.05) is 24.0 Å². The average molecular weight is 431 g/mol. The summed E-state index contributed by atoms with van der Waals surface area (Å²) < 4.78 is 5.59. The molecule has 5 rings (SSSR count). The topological polar surface area (TPSA) is 49.9 Å². The van der Waals surface area contributed by atoms with Gasteiger partial charge < -0.3 is 9.64 Å². The van der Waals surface area contributed by atoms with E-state index in [1.54, 1.807) is 18.2 Å². The van der Waals surface area contributed by atoms with Crippen LogP contribution in [0.2, 0.25) is 0 Å². The summed E-state index contributed by atoms with van der Waals surface area (Å²) >= 11 is 1.48. The molecular formula is C25H22N2O3S. The lowest BCUT2D eigenvalue weighted by Crippen LogP contribution is -2.37. The molecule has 1 aromatic heterocycles. The van der Waals surface area contributed by atoms with Crippen molar-refractivity contribution < 1.29 is 14.3 Å². The van der Waals surface area contributed by atoms with Crippen molar-refractivity contribution in [2.24, 2.45) is 0 Å². The fourth-order valence-corrected chi connectivity index (χ4v) is 5.02. The molecule has 0 atom stereocenters. The predicted octanol–water partition coefficient (Wildman–Crippen LogP) is 4.49. The summed E-state index contributed by atoms with van der Waals surface area (Å²) in [5.41, 5.74) is 4.01. The van der Waals surface area contributed by atoms with Crippen molar-refractivity contribution >= 4 is 34.4 Å².